The molecule has 1 aromatic carbocycles. The minimum absolute atomic E-state index is 0. The van der Waals surface area contributed by atoms with Gasteiger partial charge in [0.25, 0.3) is 0 Å². The lowest BCUT2D eigenvalue weighted by atomic mass is 9.91. The largest absolute Gasteiger partial charge is 0.349 e. The summed E-state index contributed by atoms with van der Waals surface area (Å²) in [6.45, 7) is 2.08. The van der Waals surface area contributed by atoms with Crippen molar-refractivity contribution in [2.24, 2.45) is 11.8 Å². The van der Waals surface area contributed by atoms with Gasteiger partial charge in [-0.3, -0.25) is 4.79 Å². The summed E-state index contributed by atoms with van der Waals surface area (Å²) in [7, 11) is 0. The average Bonchev–Trinajstić information content (AvgIpc) is 3.25. The van der Waals surface area contributed by atoms with Crippen LogP contribution in [0.5, 0.6) is 0 Å². The summed E-state index contributed by atoms with van der Waals surface area (Å²) in [5.74, 6) is 0.838. The molecule has 3 nitrogen and oxygen atoms in total. The monoisotopic (exact) mass is 354 g/mol. The van der Waals surface area contributed by atoms with Gasteiger partial charge in [0.15, 0.2) is 0 Å². The van der Waals surface area contributed by atoms with Crippen molar-refractivity contribution in [3.8, 4) is 0 Å². The molecule has 1 aliphatic heterocycles. The molecular formula is C19H28ClFN2O. The second-order valence-electron chi connectivity index (χ2n) is 7.01. The van der Waals surface area contributed by atoms with E-state index in [0.717, 1.165) is 38.8 Å². The molecular weight excluding hydrogens is 327 g/mol. The zero-order valence-electron chi connectivity index (χ0n) is 14.1. The van der Waals surface area contributed by atoms with E-state index < -0.39 is 0 Å². The van der Waals surface area contributed by atoms with Crippen LogP contribution in [0.4, 0.5) is 4.39 Å². The third kappa shape index (κ3) is 4.93. The molecule has 1 saturated heterocycles. The molecule has 2 N–H and O–H groups in total. The van der Waals surface area contributed by atoms with Crippen LogP contribution in [0.3, 0.4) is 0 Å². The van der Waals surface area contributed by atoms with Crippen LogP contribution in [0.25, 0.3) is 0 Å². The van der Waals surface area contributed by atoms with Gasteiger partial charge in [-0.05, 0) is 56.7 Å². The Hall–Kier alpha value is -1.13. The van der Waals surface area contributed by atoms with E-state index in [4.69, 9.17) is 0 Å². The molecule has 2 aliphatic rings. The average molecular weight is 355 g/mol. The smallest absolute Gasteiger partial charge is 0.220 e. The van der Waals surface area contributed by atoms with Crippen LogP contribution >= 0.6 is 12.4 Å². The lowest BCUT2D eigenvalue weighted by Crippen LogP contribution is -2.33. The van der Waals surface area contributed by atoms with Crippen LogP contribution in [0, 0.1) is 17.7 Å². The van der Waals surface area contributed by atoms with Crippen molar-refractivity contribution in [3.05, 3.63) is 35.6 Å². The van der Waals surface area contributed by atoms with Crippen LogP contribution < -0.4 is 10.6 Å². The fourth-order valence-corrected chi connectivity index (χ4v) is 4.01. The first kappa shape index (κ1) is 19.2. The Morgan fingerprint density at radius 3 is 2.67 bits per heavy atom. The molecule has 2 fully saturated rings. The molecule has 0 spiro atoms. The topological polar surface area (TPSA) is 41.1 Å². The first-order valence-electron chi connectivity index (χ1n) is 8.98. The van der Waals surface area contributed by atoms with Crippen LogP contribution in [-0.2, 0) is 4.79 Å². The summed E-state index contributed by atoms with van der Waals surface area (Å²) in [6.07, 6.45) is 7.14. The van der Waals surface area contributed by atoms with E-state index >= 15 is 0 Å². The maximum absolute atomic E-state index is 14.2. The summed E-state index contributed by atoms with van der Waals surface area (Å²) >= 11 is 0. The number of benzene rings is 1. The molecule has 24 heavy (non-hydrogen) atoms. The van der Waals surface area contributed by atoms with Crippen LogP contribution in [0.2, 0.25) is 0 Å². The minimum atomic E-state index is -0.204. The molecule has 2 unspecified atom stereocenters. The highest BCUT2D eigenvalue weighted by Crippen LogP contribution is 2.36. The predicted octanol–water partition coefficient (Wildman–Crippen LogP) is 3.98. The Kier molecular flexibility index (Phi) is 7.50. The summed E-state index contributed by atoms with van der Waals surface area (Å²) in [5, 5.41) is 6.47. The molecule has 1 saturated carbocycles. The quantitative estimate of drug-likeness (QED) is 0.811. The number of rotatable bonds is 6. The molecule has 2 atom stereocenters. The van der Waals surface area contributed by atoms with Gasteiger partial charge in [-0.25, -0.2) is 4.39 Å². The van der Waals surface area contributed by atoms with Crippen molar-refractivity contribution in [1.29, 1.82) is 0 Å². The summed E-state index contributed by atoms with van der Waals surface area (Å²) in [4.78, 5) is 12.4. The Morgan fingerprint density at radius 1 is 1.25 bits per heavy atom. The number of halogens is 2. The number of nitrogens with one attached hydrogen (secondary N) is 2. The SMILES string of the molecule is Cl.O=C(CCC1CCNC1)NC(c1ccccc1F)C1CCCC1. The van der Waals surface area contributed by atoms with Crippen molar-refractivity contribution in [1.82, 2.24) is 10.6 Å². The number of hydrogen-bond donors (Lipinski definition) is 2. The molecule has 0 radical (unpaired) electrons. The van der Waals surface area contributed by atoms with Gasteiger partial charge in [-0.2, -0.15) is 0 Å². The molecule has 1 amide bonds. The van der Waals surface area contributed by atoms with E-state index in [1.807, 2.05) is 12.1 Å². The van der Waals surface area contributed by atoms with E-state index in [1.54, 1.807) is 6.07 Å². The van der Waals surface area contributed by atoms with Crippen molar-refractivity contribution < 1.29 is 9.18 Å². The van der Waals surface area contributed by atoms with E-state index in [2.05, 4.69) is 10.6 Å². The van der Waals surface area contributed by atoms with Gasteiger partial charge in [0.2, 0.25) is 5.91 Å². The molecule has 0 bridgehead atoms. The zero-order valence-corrected chi connectivity index (χ0v) is 14.9. The summed E-state index contributed by atoms with van der Waals surface area (Å²) < 4.78 is 14.2. The van der Waals surface area contributed by atoms with Crippen molar-refractivity contribution >= 4 is 18.3 Å². The maximum atomic E-state index is 14.2. The molecule has 1 aliphatic carbocycles. The van der Waals surface area contributed by atoms with Crippen molar-refractivity contribution in [2.45, 2.75) is 51.0 Å². The molecule has 1 heterocycles. The lowest BCUT2D eigenvalue weighted by Gasteiger charge is -2.26. The standard InChI is InChI=1S/C19H27FN2O.ClH/c20-17-8-4-3-7-16(17)19(15-5-1-2-6-15)22-18(23)10-9-14-11-12-21-13-14;/h3-4,7-8,14-15,19,21H,1-2,5-6,9-13H2,(H,22,23);1H. The Labute approximate surface area is 150 Å². The number of carbonyl (C=O) groups is 1. The first-order chi connectivity index (χ1) is 11.2. The van der Waals surface area contributed by atoms with Gasteiger partial charge >= 0.3 is 0 Å². The predicted molar refractivity (Wildman–Crippen MR) is 96.7 cm³/mol. The highest BCUT2D eigenvalue weighted by atomic mass is 35.5. The summed E-state index contributed by atoms with van der Waals surface area (Å²) in [6, 6.07) is 6.71. The fraction of sp³-hybridized carbons (Fsp3) is 0.632. The van der Waals surface area contributed by atoms with Crippen LogP contribution in [-0.4, -0.2) is 19.0 Å². The Morgan fingerprint density at radius 2 is 2.00 bits per heavy atom. The second kappa shape index (κ2) is 9.38. The molecule has 5 heteroatoms. The third-order valence-electron chi connectivity index (χ3n) is 5.37. The highest BCUT2D eigenvalue weighted by molar-refractivity contribution is 5.85. The van der Waals surface area contributed by atoms with E-state index in [0.29, 0.717) is 23.8 Å². The number of amides is 1. The summed E-state index contributed by atoms with van der Waals surface area (Å²) in [5.41, 5.74) is 0.648. The third-order valence-corrected chi connectivity index (χ3v) is 5.37. The minimum Gasteiger partial charge on any atom is -0.349 e. The van der Waals surface area contributed by atoms with E-state index in [9.17, 15) is 9.18 Å². The maximum Gasteiger partial charge on any atom is 0.220 e. The Balaban J connectivity index is 0.00000208. The lowest BCUT2D eigenvalue weighted by molar-refractivity contribution is -0.122. The zero-order chi connectivity index (χ0) is 16.1. The highest BCUT2D eigenvalue weighted by Gasteiger charge is 2.29. The van der Waals surface area contributed by atoms with Crippen molar-refractivity contribution in [3.63, 3.8) is 0 Å². The number of hydrogen-bond acceptors (Lipinski definition) is 2. The van der Waals surface area contributed by atoms with Crippen LogP contribution in [0.15, 0.2) is 24.3 Å². The van der Waals surface area contributed by atoms with Gasteiger partial charge in [-0.15, -0.1) is 12.4 Å². The normalized spacial score (nSPS) is 22.1. The van der Waals surface area contributed by atoms with Gasteiger partial charge in [0, 0.05) is 12.0 Å². The Bertz CT molecular complexity index is 528. The fourth-order valence-electron chi connectivity index (χ4n) is 4.01. The number of carbonyl (C=O) groups excluding carboxylic acids is 1. The van der Waals surface area contributed by atoms with Gasteiger partial charge in [0.05, 0.1) is 6.04 Å². The van der Waals surface area contributed by atoms with E-state index in [-0.39, 0.29) is 30.2 Å². The first-order valence-corrected chi connectivity index (χ1v) is 8.98. The molecule has 134 valence electrons. The molecule has 3 rings (SSSR count). The van der Waals surface area contributed by atoms with Gasteiger partial charge in [-0.1, -0.05) is 31.0 Å². The van der Waals surface area contributed by atoms with Crippen LogP contribution in [0.1, 0.15) is 56.6 Å². The molecule has 1 aromatic rings. The van der Waals surface area contributed by atoms with Gasteiger partial charge < -0.3 is 10.6 Å². The van der Waals surface area contributed by atoms with E-state index in [1.165, 1.54) is 18.9 Å². The van der Waals surface area contributed by atoms with Crippen molar-refractivity contribution in [2.75, 3.05) is 13.1 Å². The second-order valence-corrected chi connectivity index (χ2v) is 7.01. The van der Waals surface area contributed by atoms with Gasteiger partial charge in [0.1, 0.15) is 5.82 Å². The molecule has 0 aromatic heterocycles.